The quantitative estimate of drug-likeness (QED) is 0.188. The number of hydrogen-bond donors (Lipinski definition) is 0. The zero-order chi connectivity index (χ0) is 29.9. The maximum atomic E-state index is 4.86. The van der Waals surface area contributed by atoms with Crippen molar-refractivity contribution in [1.82, 2.24) is 14.0 Å². The highest BCUT2D eigenvalue weighted by Crippen LogP contribution is 2.46. The van der Waals surface area contributed by atoms with Gasteiger partial charge in [0.1, 0.15) is 4.83 Å². The molecule has 0 bridgehead atoms. The minimum Gasteiger partial charge on any atom is -0.306 e. The molecule has 11 aromatic rings. The Labute approximate surface area is 270 Å². The third-order valence-corrected chi connectivity index (χ3v) is 11.8. The molecule has 5 aromatic heterocycles. The maximum Gasteiger partial charge on any atom is 0.109 e. The average molecular weight is 622 g/mol. The van der Waals surface area contributed by atoms with Gasteiger partial charge in [0.05, 0.1) is 33.8 Å². The Morgan fingerprint density at radius 1 is 0.478 bits per heavy atom. The zero-order valence-corrected chi connectivity index (χ0v) is 26.1. The van der Waals surface area contributed by atoms with Crippen LogP contribution >= 0.6 is 22.7 Å². The smallest absolute Gasteiger partial charge is 0.109 e. The molecule has 6 aromatic carbocycles. The summed E-state index contributed by atoms with van der Waals surface area (Å²) in [6, 6.07) is 48.7. The number of fused-ring (bicyclic) bond motifs is 13. The van der Waals surface area contributed by atoms with E-state index in [4.69, 9.17) is 4.98 Å². The normalized spacial score (nSPS) is 12.3. The molecule has 11 rings (SSSR count). The molecule has 0 aliphatic rings. The van der Waals surface area contributed by atoms with Gasteiger partial charge in [-0.15, -0.1) is 22.7 Å². The van der Waals surface area contributed by atoms with Crippen LogP contribution in [0.3, 0.4) is 0 Å². The topological polar surface area (TPSA) is 22.2 Å². The summed E-state index contributed by atoms with van der Waals surface area (Å²) in [6.07, 6.45) is 2.03. The highest BCUT2D eigenvalue weighted by atomic mass is 32.1. The molecule has 0 unspecified atom stereocenters. The van der Waals surface area contributed by atoms with Gasteiger partial charge in [-0.05, 0) is 60.2 Å². The lowest BCUT2D eigenvalue weighted by molar-refractivity contribution is 1.20. The molecule has 46 heavy (non-hydrogen) atoms. The first-order valence-corrected chi connectivity index (χ1v) is 17.1. The molecule has 5 heterocycles. The molecule has 214 valence electrons. The maximum absolute atomic E-state index is 4.86. The third-order valence-electron chi connectivity index (χ3n) is 9.56. The fraction of sp³-hybridized carbons (Fsp3) is 0. The van der Waals surface area contributed by atoms with Crippen molar-refractivity contribution >= 4 is 102 Å². The highest BCUT2D eigenvalue weighted by Gasteiger charge is 2.21. The number of para-hydroxylation sites is 3. The van der Waals surface area contributed by atoms with Crippen LogP contribution in [0.2, 0.25) is 0 Å². The van der Waals surface area contributed by atoms with Crippen LogP contribution in [-0.4, -0.2) is 14.0 Å². The minimum atomic E-state index is 0.997. The summed E-state index contributed by atoms with van der Waals surface area (Å²) in [5.41, 5.74) is 9.28. The van der Waals surface area contributed by atoms with Gasteiger partial charge in [0.15, 0.2) is 0 Å². The van der Waals surface area contributed by atoms with E-state index >= 15 is 0 Å². The van der Waals surface area contributed by atoms with Crippen molar-refractivity contribution < 1.29 is 0 Å². The van der Waals surface area contributed by atoms with Crippen LogP contribution in [0.25, 0.3) is 95.6 Å². The van der Waals surface area contributed by atoms with E-state index in [1.165, 1.54) is 79.1 Å². The Morgan fingerprint density at radius 3 is 2.02 bits per heavy atom. The van der Waals surface area contributed by atoms with E-state index in [0.717, 1.165) is 16.6 Å². The molecule has 0 atom stereocenters. The molecule has 3 nitrogen and oxygen atoms in total. The zero-order valence-electron chi connectivity index (χ0n) is 24.4. The van der Waals surface area contributed by atoms with Crippen molar-refractivity contribution in [2.45, 2.75) is 0 Å². The van der Waals surface area contributed by atoms with Crippen LogP contribution in [0.1, 0.15) is 0 Å². The monoisotopic (exact) mass is 621 g/mol. The van der Waals surface area contributed by atoms with Crippen molar-refractivity contribution in [3.63, 3.8) is 0 Å². The number of hydrogen-bond acceptors (Lipinski definition) is 3. The van der Waals surface area contributed by atoms with E-state index in [1.54, 1.807) is 0 Å². The lowest BCUT2D eigenvalue weighted by Gasteiger charge is -2.09. The second-order valence-electron chi connectivity index (χ2n) is 12.0. The molecule has 0 aliphatic carbocycles. The van der Waals surface area contributed by atoms with Crippen LogP contribution < -0.4 is 0 Å². The Bertz CT molecular complexity index is 3030. The van der Waals surface area contributed by atoms with Crippen molar-refractivity contribution in [2.24, 2.45) is 0 Å². The number of benzene rings is 6. The number of thiophene rings is 2. The first kappa shape index (κ1) is 24.8. The van der Waals surface area contributed by atoms with Crippen LogP contribution in [0.4, 0.5) is 0 Å². The van der Waals surface area contributed by atoms with Gasteiger partial charge in [-0.25, -0.2) is 0 Å². The van der Waals surface area contributed by atoms with E-state index in [2.05, 4.69) is 142 Å². The molecular formula is C41H23N3S2. The Balaban J connectivity index is 1.18. The van der Waals surface area contributed by atoms with Gasteiger partial charge >= 0.3 is 0 Å². The largest absolute Gasteiger partial charge is 0.306 e. The van der Waals surface area contributed by atoms with E-state index in [9.17, 15) is 0 Å². The van der Waals surface area contributed by atoms with Crippen LogP contribution in [-0.2, 0) is 0 Å². The summed E-state index contributed by atoms with van der Waals surface area (Å²) in [7, 11) is 0. The standard InChI is InChI=1S/C41H23N3S2/c1-5-13-32-27(10-1)39(35-23-42-31-12-4-6-14-33(31)44(32)35)24-17-19-25(20-18-24)43-34-21-29-26-9-2-7-15-36(26)45-38(29)22-30(34)40-28-11-3-8-16-37(28)46-41(40)43/h1-23H. The molecule has 0 aliphatic heterocycles. The summed E-state index contributed by atoms with van der Waals surface area (Å²) < 4.78 is 8.84. The van der Waals surface area contributed by atoms with Gasteiger partial charge in [0, 0.05) is 57.7 Å². The van der Waals surface area contributed by atoms with Gasteiger partial charge in [0.25, 0.3) is 0 Å². The summed E-state index contributed by atoms with van der Waals surface area (Å²) in [5.74, 6) is 0. The first-order chi connectivity index (χ1) is 22.8. The minimum absolute atomic E-state index is 0.997. The predicted octanol–water partition coefficient (Wildman–Crippen LogP) is 12.0. The second kappa shape index (κ2) is 9.04. The summed E-state index contributed by atoms with van der Waals surface area (Å²) in [5, 5.41) is 7.88. The Hall–Kier alpha value is -5.49. The number of nitrogens with zero attached hydrogens (tertiary/aromatic N) is 3. The van der Waals surface area contributed by atoms with Gasteiger partial charge in [-0.2, -0.15) is 0 Å². The van der Waals surface area contributed by atoms with E-state index in [1.807, 2.05) is 28.9 Å². The lowest BCUT2D eigenvalue weighted by atomic mass is 10.0. The molecule has 0 saturated carbocycles. The predicted molar refractivity (Wildman–Crippen MR) is 198 cm³/mol. The molecular weight excluding hydrogens is 599 g/mol. The second-order valence-corrected chi connectivity index (χ2v) is 14.1. The third kappa shape index (κ3) is 3.23. The molecule has 0 radical (unpaired) electrons. The molecule has 5 heteroatoms. The summed E-state index contributed by atoms with van der Waals surface area (Å²) in [4.78, 5) is 6.15. The van der Waals surface area contributed by atoms with Gasteiger partial charge in [-0.1, -0.05) is 78.9 Å². The van der Waals surface area contributed by atoms with Gasteiger partial charge in [-0.3, -0.25) is 4.98 Å². The lowest BCUT2D eigenvalue weighted by Crippen LogP contribution is -1.93. The van der Waals surface area contributed by atoms with Crippen LogP contribution in [0.5, 0.6) is 0 Å². The van der Waals surface area contributed by atoms with Crippen molar-refractivity contribution in [1.29, 1.82) is 0 Å². The highest BCUT2D eigenvalue weighted by molar-refractivity contribution is 7.26. The Morgan fingerprint density at radius 2 is 1.17 bits per heavy atom. The summed E-state index contributed by atoms with van der Waals surface area (Å²) in [6.45, 7) is 0. The van der Waals surface area contributed by atoms with E-state index in [-0.39, 0.29) is 0 Å². The van der Waals surface area contributed by atoms with Crippen LogP contribution in [0, 0.1) is 0 Å². The van der Waals surface area contributed by atoms with Gasteiger partial charge in [0.2, 0.25) is 0 Å². The fourth-order valence-corrected chi connectivity index (χ4v) is 9.96. The Kier molecular flexibility index (Phi) is 4.87. The van der Waals surface area contributed by atoms with Crippen LogP contribution in [0.15, 0.2) is 140 Å². The van der Waals surface area contributed by atoms with Gasteiger partial charge < -0.3 is 8.97 Å². The molecule has 0 amide bonds. The molecule has 0 N–H and O–H groups in total. The SMILES string of the molecule is c1ccc2c(c1)ncc1c(-c3ccc(-n4c5cc6c(cc5c5c7ccccc7sc54)sc4ccccc46)cc3)c3ccccc3n12. The van der Waals surface area contributed by atoms with Crippen molar-refractivity contribution in [2.75, 3.05) is 0 Å². The fourth-order valence-electron chi connectivity index (χ4n) is 7.58. The van der Waals surface area contributed by atoms with E-state index in [0.29, 0.717) is 0 Å². The molecule has 0 saturated heterocycles. The molecule has 0 fully saturated rings. The summed E-state index contributed by atoms with van der Waals surface area (Å²) >= 11 is 3.77. The van der Waals surface area contributed by atoms with Crippen molar-refractivity contribution in [3.8, 4) is 16.8 Å². The number of rotatable bonds is 2. The van der Waals surface area contributed by atoms with E-state index < -0.39 is 0 Å². The molecule has 0 spiro atoms. The van der Waals surface area contributed by atoms with Crippen molar-refractivity contribution in [3.05, 3.63) is 140 Å². The number of aromatic nitrogens is 3. The average Bonchev–Trinajstić information content (AvgIpc) is 3.84. The first-order valence-electron chi connectivity index (χ1n) is 15.5.